The van der Waals surface area contributed by atoms with Crippen molar-refractivity contribution in [3.63, 3.8) is 0 Å². The van der Waals surface area contributed by atoms with Crippen molar-refractivity contribution in [2.45, 2.75) is 45.1 Å². The monoisotopic (exact) mass is 302 g/mol. The molecule has 1 amide bonds. The molecule has 1 fully saturated rings. The smallest absolute Gasteiger partial charge is 0.223 e. The number of carbonyl (C=O) groups is 1. The van der Waals surface area contributed by atoms with Gasteiger partial charge >= 0.3 is 0 Å². The van der Waals surface area contributed by atoms with Crippen LogP contribution in [0, 0.1) is 5.92 Å². The first-order chi connectivity index (χ1) is 10.6. The summed E-state index contributed by atoms with van der Waals surface area (Å²) in [4.78, 5) is 16.9. The van der Waals surface area contributed by atoms with Crippen molar-refractivity contribution in [1.82, 2.24) is 9.80 Å². The van der Waals surface area contributed by atoms with Crippen LogP contribution in [-0.4, -0.2) is 42.9 Å². The van der Waals surface area contributed by atoms with Crippen LogP contribution in [0.1, 0.15) is 44.1 Å². The van der Waals surface area contributed by atoms with Gasteiger partial charge in [0, 0.05) is 26.1 Å². The second-order valence-electron chi connectivity index (χ2n) is 6.81. The number of benzene rings is 1. The highest BCUT2D eigenvalue weighted by atomic mass is 16.2. The second kappa shape index (κ2) is 8.94. The number of nitrogens with zero attached hydrogens (tertiary/aromatic N) is 2. The standard InChI is InChI=1S/C19H30N2O/c1-20(2)13-14-21(16-18-11-7-4-8-12-18)19(22)15-17-9-5-3-6-10-17/h4,7-8,11-12,17H,3,5-6,9-10,13-16H2,1-2H3. The average molecular weight is 302 g/mol. The van der Waals surface area contributed by atoms with E-state index in [-0.39, 0.29) is 0 Å². The number of rotatable bonds is 7. The Bertz CT molecular complexity index is 438. The van der Waals surface area contributed by atoms with Gasteiger partial charge in [0.05, 0.1) is 0 Å². The average Bonchev–Trinajstić information content (AvgIpc) is 2.53. The van der Waals surface area contributed by atoms with Gasteiger partial charge in [-0.3, -0.25) is 4.79 Å². The largest absolute Gasteiger partial charge is 0.337 e. The van der Waals surface area contributed by atoms with Crippen LogP contribution in [-0.2, 0) is 11.3 Å². The molecule has 0 saturated heterocycles. The van der Waals surface area contributed by atoms with E-state index in [4.69, 9.17) is 0 Å². The van der Waals surface area contributed by atoms with E-state index < -0.39 is 0 Å². The maximum atomic E-state index is 12.7. The highest BCUT2D eigenvalue weighted by molar-refractivity contribution is 5.76. The Kier molecular flexibility index (Phi) is 6.91. The van der Waals surface area contributed by atoms with Crippen molar-refractivity contribution >= 4 is 5.91 Å². The van der Waals surface area contributed by atoms with Gasteiger partial charge in [0.2, 0.25) is 5.91 Å². The molecule has 0 unspecified atom stereocenters. The molecular formula is C19H30N2O. The summed E-state index contributed by atoms with van der Waals surface area (Å²) in [5, 5.41) is 0. The molecule has 3 heteroatoms. The van der Waals surface area contributed by atoms with E-state index in [1.165, 1.54) is 37.7 Å². The van der Waals surface area contributed by atoms with E-state index in [1.807, 2.05) is 23.1 Å². The zero-order valence-corrected chi connectivity index (χ0v) is 14.1. The summed E-state index contributed by atoms with van der Waals surface area (Å²) in [7, 11) is 4.12. The summed E-state index contributed by atoms with van der Waals surface area (Å²) < 4.78 is 0. The van der Waals surface area contributed by atoms with E-state index >= 15 is 0 Å². The molecule has 1 aliphatic carbocycles. The van der Waals surface area contributed by atoms with Gasteiger partial charge in [0.25, 0.3) is 0 Å². The molecule has 1 aromatic carbocycles. The third-order valence-electron chi connectivity index (χ3n) is 4.57. The first-order valence-electron chi connectivity index (χ1n) is 8.61. The van der Waals surface area contributed by atoms with Crippen LogP contribution >= 0.6 is 0 Å². The number of likely N-dealkylation sites (N-methyl/N-ethyl adjacent to an activating group) is 1. The number of hydrogen-bond donors (Lipinski definition) is 0. The van der Waals surface area contributed by atoms with Crippen LogP contribution < -0.4 is 0 Å². The molecule has 0 spiro atoms. The molecule has 0 heterocycles. The third-order valence-corrected chi connectivity index (χ3v) is 4.57. The molecule has 0 aliphatic heterocycles. The van der Waals surface area contributed by atoms with Crippen LogP contribution in [0.15, 0.2) is 30.3 Å². The van der Waals surface area contributed by atoms with E-state index in [2.05, 4.69) is 31.1 Å². The lowest BCUT2D eigenvalue weighted by Gasteiger charge is -2.28. The molecule has 0 radical (unpaired) electrons. The van der Waals surface area contributed by atoms with Gasteiger partial charge in [0.15, 0.2) is 0 Å². The number of amides is 1. The fourth-order valence-electron chi connectivity index (χ4n) is 3.18. The van der Waals surface area contributed by atoms with Gasteiger partial charge in [-0.15, -0.1) is 0 Å². The maximum absolute atomic E-state index is 12.7. The van der Waals surface area contributed by atoms with Crippen LogP contribution in [0.4, 0.5) is 0 Å². The predicted octanol–water partition coefficient (Wildman–Crippen LogP) is 3.55. The Morgan fingerprint density at radius 3 is 2.36 bits per heavy atom. The molecule has 3 nitrogen and oxygen atoms in total. The topological polar surface area (TPSA) is 23.6 Å². The van der Waals surface area contributed by atoms with E-state index in [0.717, 1.165) is 26.1 Å². The second-order valence-corrected chi connectivity index (χ2v) is 6.81. The van der Waals surface area contributed by atoms with Crippen LogP contribution in [0.3, 0.4) is 0 Å². The zero-order chi connectivity index (χ0) is 15.8. The summed E-state index contributed by atoms with van der Waals surface area (Å²) in [6, 6.07) is 10.3. The van der Waals surface area contributed by atoms with Crippen molar-refractivity contribution in [3.8, 4) is 0 Å². The summed E-state index contributed by atoms with van der Waals surface area (Å²) in [6.45, 7) is 2.47. The predicted molar refractivity (Wildman–Crippen MR) is 91.6 cm³/mol. The normalized spacial score (nSPS) is 16.0. The third kappa shape index (κ3) is 5.80. The Morgan fingerprint density at radius 2 is 1.73 bits per heavy atom. The minimum atomic E-state index is 0.331. The van der Waals surface area contributed by atoms with Gasteiger partial charge < -0.3 is 9.80 Å². The van der Waals surface area contributed by atoms with Gasteiger partial charge in [0.1, 0.15) is 0 Å². The molecule has 22 heavy (non-hydrogen) atoms. The first-order valence-corrected chi connectivity index (χ1v) is 8.61. The fourth-order valence-corrected chi connectivity index (χ4v) is 3.18. The highest BCUT2D eigenvalue weighted by Crippen LogP contribution is 2.27. The van der Waals surface area contributed by atoms with Gasteiger partial charge in [-0.25, -0.2) is 0 Å². The van der Waals surface area contributed by atoms with E-state index in [1.54, 1.807) is 0 Å². The molecule has 122 valence electrons. The summed E-state index contributed by atoms with van der Waals surface area (Å²) >= 11 is 0. The summed E-state index contributed by atoms with van der Waals surface area (Å²) in [5.41, 5.74) is 1.22. The zero-order valence-electron chi connectivity index (χ0n) is 14.1. The molecule has 2 rings (SSSR count). The molecule has 1 aliphatic rings. The van der Waals surface area contributed by atoms with Crippen LogP contribution in [0.2, 0.25) is 0 Å². The molecule has 0 bridgehead atoms. The number of hydrogen-bond acceptors (Lipinski definition) is 2. The lowest BCUT2D eigenvalue weighted by Crippen LogP contribution is -2.37. The van der Waals surface area contributed by atoms with E-state index in [0.29, 0.717) is 11.8 Å². The van der Waals surface area contributed by atoms with Crippen LogP contribution in [0.5, 0.6) is 0 Å². The summed E-state index contributed by atoms with van der Waals surface area (Å²) in [6.07, 6.45) is 7.15. The summed E-state index contributed by atoms with van der Waals surface area (Å²) in [5.74, 6) is 0.941. The van der Waals surface area contributed by atoms with Crippen molar-refractivity contribution < 1.29 is 4.79 Å². The molecule has 1 aromatic rings. The highest BCUT2D eigenvalue weighted by Gasteiger charge is 2.21. The molecule has 0 N–H and O–H groups in total. The van der Waals surface area contributed by atoms with Crippen molar-refractivity contribution in [1.29, 1.82) is 0 Å². The van der Waals surface area contributed by atoms with Crippen molar-refractivity contribution in [2.24, 2.45) is 5.92 Å². The molecule has 0 aromatic heterocycles. The SMILES string of the molecule is CN(C)CCN(Cc1ccccc1)C(=O)CC1CCCCC1. The Hall–Kier alpha value is -1.35. The Morgan fingerprint density at radius 1 is 1.05 bits per heavy atom. The van der Waals surface area contributed by atoms with Crippen molar-refractivity contribution in [3.05, 3.63) is 35.9 Å². The molecule has 0 atom stereocenters. The maximum Gasteiger partial charge on any atom is 0.223 e. The number of carbonyl (C=O) groups excluding carboxylic acids is 1. The van der Waals surface area contributed by atoms with Gasteiger partial charge in [-0.1, -0.05) is 49.6 Å². The van der Waals surface area contributed by atoms with Crippen molar-refractivity contribution in [2.75, 3.05) is 27.2 Å². The van der Waals surface area contributed by atoms with E-state index in [9.17, 15) is 4.79 Å². The molecular weight excluding hydrogens is 272 g/mol. The van der Waals surface area contributed by atoms with Gasteiger partial charge in [-0.05, 0) is 38.4 Å². The molecule has 1 saturated carbocycles. The first kappa shape index (κ1) is 17.0. The van der Waals surface area contributed by atoms with Gasteiger partial charge in [-0.2, -0.15) is 0 Å². The minimum absolute atomic E-state index is 0.331. The Labute approximate surface area is 135 Å². The Balaban J connectivity index is 1.94. The van der Waals surface area contributed by atoms with Crippen LogP contribution in [0.25, 0.3) is 0 Å². The lowest BCUT2D eigenvalue weighted by molar-refractivity contribution is -0.133. The quantitative estimate of drug-likeness (QED) is 0.769. The fraction of sp³-hybridized carbons (Fsp3) is 0.632. The lowest BCUT2D eigenvalue weighted by atomic mass is 9.86. The minimum Gasteiger partial charge on any atom is -0.337 e.